The highest BCUT2D eigenvalue weighted by molar-refractivity contribution is 5.33. The summed E-state index contributed by atoms with van der Waals surface area (Å²) in [6, 6.07) is 8.73. The maximum atomic E-state index is 10.5. The van der Waals surface area contributed by atoms with Crippen LogP contribution in [0.2, 0.25) is 0 Å². The van der Waals surface area contributed by atoms with Crippen LogP contribution in [0, 0.1) is 6.92 Å². The molecule has 6 nitrogen and oxygen atoms in total. The molecular formula is C24H38N4O2. The maximum absolute atomic E-state index is 10.5. The van der Waals surface area contributed by atoms with Gasteiger partial charge in [-0.05, 0) is 39.9 Å². The van der Waals surface area contributed by atoms with Crippen LogP contribution < -0.4 is 4.74 Å². The molecular weight excluding hydrogens is 376 g/mol. The summed E-state index contributed by atoms with van der Waals surface area (Å²) in [5.41, 5.74) is 3.44. The van der Waals surface area contributed by atoms with Crippen LogP contribution in [0.5, 0.6) is 5.75 Å². The third kappa shape index (κ3) is 6.56. The van der Waals surface area contributed by atoms with E-state index in [4.69, 9.17) is 4.74 Å². The monoisotopic (exact) mass is 414 g/mol. The van der Waals surface area contributed by atoms with Gasteiger partial charge in [-0.2, -0.15) is 5.10 Å². The van der Waals surface area contributed by atoms with Crippen LogP contribution in [0.25, 0.3) is 0 Å². The summed E-state index contributed by atoms with van der Waals surface area (Å²) in [6.07, 6.45) is 8.04. The molecule has 6 heteroatoms. The molecule has 1 unspecified atom stereocenters. The highest BCUT2D eigenvalue weighted by Gasteiger charge is 2.20. The van der Waals surface area contributed by atoms with Gasteiger partial charge in [-0.25, -0.2) is 0 Å². The first-order valence-electron chi connectivity index (χ1n) is 11.2. The highest BCUT2D eigenvalue weighted by atomic mass is 16.5. The molecule has 1 saturated carbocycles. The molecule has 166 valence electrons. The van der Waals surface area contributed by atoms with Crippen molar-refractivity contribution >= 4 is 0 Å². The van der Waals surface area contributed by atoms with Crippen LogP contribution in [0.15, 0.2) is 30.5 Å². The van der Waals surface area contributed by atoms with Crippen LogP contribution in [0.4, 0.5) is 0 Å². The van der Waals surface area contributed by atoms with Crippen molar-refractivity contribution in [1.82, 2.24) is 19.6 Å². The lowest BCUT2D eigenvalue weighted by atomic mass is 9.94. The van der Waals surface area contributed by atoms with Crippen molar-refractivity contribution in [2.45, 2.75) is 64.3 Å². The molecule has 1 fully saturated rings. The quantitative estimate of drug-likeness (QED) is 0.646. The summed E-state index contributed by atoms with van der Waals surface area (Å²) in [4.78, 5) is 4.57. The first-order chi connectivity index (χ1) is 14.4. The summed E-state index contributed by atoms with van der Waals surface area (Å²) in [7, 11) is 6.19. The SMILES string of the molecule is Cc1nn(C)cc1CN(C)Cc1ccccc1OCC(O)CN(C)C1CCCCC1. The molecule has 1 aromatic heterocycles. The van der Waals surface area contributed by atoms with E-state index in [1.165, 1.54) is 37.7 Å². The van der Waals surface area contributed by atoms with Crippen LogP contribution >= 0.6 is 0 Å². The predicted molar refractivity (Wildman–Crippen MR) is 121 cm³/mol. The van der Waals surface area contributed by atoms with E-state index in [2.05, 4.69) is 41.3 Å². The molecule has 30 heavy (non-hydrogen) atoms. The number of aliphatic hydroxyl groups excluding tert-OH is 1. The molecule has 3 rings (SSSR count). The lowest BCUT2D eigenvalue weighted by Gasteiger charge is -2.32. The molecule has 1 aromatic carbocycles. The zero-order valence-corrected chi connectivity index (χ0v) is 19.0. The van der Waals surface area contributed by atoms with Crippen molar-refractivity contribution in [3.63, 3.8) is 0 Å². The van der Waals surface area contributed by atoms with Gasteiger partial charge in [-0.3, -0.25) is 9.58 Å². The number of para-hydroxylation sites is 1. The summed E-state index contributed by atoms with van der Waals surface area (Å²) in [5.74, 6) is 0.853. The lowest BCUT2D eigenvalue weighted by molar-refractivity contribution is 0.0556. The van der Waals surface area contributed by atoms with E-state index in [0.29, 0.717) is 19.2 Å². The zero-order valence-electron chi connectivity index (χ0n) is 19.0. The lowest BCUT2D eigenvalue weighted by Crippen LogP contribution is -2.40. The molecule has 0 amide bonds. The summed E-state index contributed by atoms with van der Waals surface area (Å²) >= 11 is 0. The van der Waals surface area contributed by atoms with Gasteiger partial charge in [0, 0.05) is 50.0 Å². The van der Waals surface area contributed by atoms with Crippen molar-refractivity contribution in [3.8, 4) is 5.75 Å². The largest absolute Gasteiger partial charge is 0.491 e. The van der Waals surface area contributed by atoms with Gasteiger partial charge in [-0.1, -0.05) is 37.5 Å². The minimum absolute atomic E-state index is 0.319. The van der Waals surface area contributed by atoms with Crippen LogP contribution in [0.3, 0.4) is 0 Å². The standard InChI is InChI=1S/C24H38N4O2/c1-19-21(16-28(4)25-19)15-26(2)14-20-10-8-9-13-24(20)30-18-23(29)17-27(3)22-11-6-5-7-12-22/h8-10,13,16,22-23,29H,5-7,11-12,14-15,17-18H2,1-4H3. The molecule has 0 aliphatic heterocycles. The third-order valence-corrected chi connectivity index (χ3v) is 6.10. The van der Waals surface area contributed by atoms with Crippen LogP contribution in [-0.2, 0) is 20.1 Å². The van der Waals surface area contributed by atoms with Gasteiger partial charge >= 0.3 is 0 Å². The number of nitrogens with zero attached hydrogens (tertiary/aromatic N) is 4. The van der Waals surface area contributed by atoms with Gasteiger partial charge in [-0.15, -0.1) is 0 Å². The molecule has 0 radical (unpaired) electrons. The fraction of sp³-hybridized carbons (Fsp3) is 0.625. The molecule has 1 N–H and O–H groups in total. The third-order valence-electron chi connectivity index (χ3n) is 6.10. The van der Waals surface area contributed by atoms with Crippen molar-refractivity contribution in [3.05, 3.63) is 47.3 Å². The first-order valence-corrected chi connectivity index (χ1v) is 11.2. The Bertz CT molecular complexity index is 785. The van der Waals surface area contributed by atoms with Gasteiger partial charge < -0.3 is 14.7 Å². The summed E-state index contributed by atoms with van der Waals surface area (Å²) in [6.45, 7) is 4.64. The van der Waals surface area contributed by atoms with Gasteiger partial charge in [0.25, 0.3) is 0 Å². The number of aryl methyl sites for hydroxylation is 2. The minimum Gasteiger partial charge on any atom is -0.491 e. The Kier molecular flexibility index (Phi) is 8.31. The van der Waals surface area contributed by atoms with Crippen molar-refractivity contribution in [2.75, 3.05) is 27.2 Å². The van der Waals surface area contributed by atoms with Crippen molar-refractivity contribution in [2.24, 2.45) is 7.05 Å². The number of benzene rings is 1. The Labute approximate surface area is 181 Å². The summed E-state index contributed by atoms with van der Waals surface area (Å²) < 4.78 is 7.91. The summed E-state index contributed by atoms with van der Waals surface area (Å²) in [5, 5.41) is 15.0. The second-order valence-electron chi connectivity index (χ2n) is 8.89. The number of aromatic nitrogens is 2. The second-order valence-corrected chi connectivity index (χ2v) is 8.89. The van der Waals surface area contributed by atoms with Crippen molar-refractivity contribution in [1.29, 1.82) is 0 Å². The number of hydrogen-bond donors (Lipinski definition) is 1. The Morgan fingerprint density at radius 1 is 1.13 bits per heavy atom. The number of rotatable bonds is 10. The Hall–Kier alpha value is -1.89. The van der Waals surface area contributed by atoms with E-state index in [1.54, 1.807) is 0 Å². The van der Waals surface area contributed by atoms with Gasteiger partial charge in [0.2, 0.25) is 0 Å². The molecule has 1 aliphatic rings. The van der Waals surface area contributed by atoms with E-state index < -0.39 is 6.10 Å². The molecule has 0 saturated heterocycles. The van der Waals surface area contributed by atoms with Crippen molar-refractivity contribution < 1.29 is 9.84 Å². The zero-order chi connectivity index (χ0) is 21.5. The Morgan fingerprint density at radius 3 is 2.53 bits per heavy atom. The van der Waals surface area contributed by atoms with E-state index in [-0.39, 0.29) is 0 Å². The van der Waals surface area contributed by atoms with Gasteiger partial charge in [0.1, 0.15) is 18.5 Å². The van der Waals surface area contributed by atoms with Crippen LogP contribution in [0.1, 0.15) is 48.9 Å². The fourth-order valence-electron chi connectivity index (χ4n) is 4.46. The molecule has 1 aliphatic carbocycles. The number of likely N-dealkylation sites (N-methyl/N-ethyl adjacent to an activating group) is 1. The number of ether oxygens (including phenoxy) is 1. The molecule has 0 spiro atoms. The molecule has 1 heterocycles. The highest BCUT2D eigenvalue weighted by Crippen LogP contribution is 2.23. The predicted octanol–water partition coefficient (Wildman–Crippen LogP) is 3.36. The van der Waals surface area contributed by atoms with E-state index in [1.807, 2.05) is 36.9 Å². The molecule has 2 aromatic rings. The maximum Gasteiger partial charge on any atom is 0.123 e. The second kappa shape index (κ2) is 10.9. The average Bonchev–Trinajstić information content (AvgIpc) is 3.04. The molecule has 1 atom stereocenters. The topological polar surface area (TPSA) is 53.8 Å². The Balaban J connectivity index is 1.51. The number of aliphatic hydroxyl groups is 1. The van der Waals surface area contributed by atoms with E-state index in [9.17, 15) is 5.11 Å². The fourth-order valence-corrected chi connectivity index (χ4v) is 4.46. The van der Waals surface area contributed by atoms with E-state index in [0.717, 1.165) is 30.1 Å². The Morgan fingerprint density at radius 2 is 1.83 bits per heavy atom. The van der Waals surface area contributed by atoms with E-state index >= 15 is 0 Å². The molecule has 0 bridgehead atoms. The first kappa shape index (κ1) is 22.8. The minimum atomic E-state index is -0.485. The van der Waals surface area contributed by atoms with Gasteiger partial charge in [0.05, 0.1) is 5.69 Å². The number of hydrogen-bond acceptors (Lipinski definition) is 5. The smallest absolute Gasteiger partial charge is 0.123 e. The normalized spacial score (nSPS) is 16.4. The van der Waals surface area contributed by atoms with Gasteiger partial charge in [0.15, 0.2) is 0 Å². The van der Waals surface area contributed by atoms with Crippen LogP contribution in [-0.4, -0.2) is 64.1 Å². The average molecular weight is 415 g/mol.